The largest absolute Gasteiger partial charge is 0.486 e. The Balaban J connectivity index is 1.27. The number of amides is 3. The molecule has 8 nitrogen and oxygen atoms in total. The van der Waals surface area contributed by atoms with Crippen LogP contribution in [0.5, 0.6) is 11.5 Å². The van der Waals surface area contributed by atoms with Crippen LogP contribution in [-0.4, -0.2) is 50.6 Å². The van der Waals surface area contributed by atoms with Gasteiger partial charge in [0.05, 0.1) is 11.5 Å². The van der Waals surface area contributed by atoms with Crippen molar-refractivity contribution in [2.45, 2.75) is 6.42 Å². The lowest BCUT2D eigenvalue weighted by Crippen LogP contribution is -2.38. The summed E-state index contributed by atoms with van der Waals surface area (Å²) < 4.78 is 24.7. The van der Waals surface area contributed by atoms with E-state index in [2.05, 4.69) is 10.6 Å². The number of rotatable bonds is 6. The molecule has 0 bridgehead atoms. The lowest BCUT2D eigenvalue weighted by molar-refractivity contribution is -0.126. The van der Waals surface area contributed by atoms with E-state index in [1.165, 1.54) is 18.2 Å². The minimum Gasteiger partial charge on any atom is -0.486 e. The molecule has 2 aromatic rings. The van der Waals surface area contributed by atoms with Gasteiger partial charge in [-0.2, -0.15) is 0 Å². The normalized spacial score (nSPS) is 17.4. The Labute approximate surface area is 178 Å². The minimum absolute atomic E-state index is 0.0507. The van der Waals surface area contributed by atoms with E-state index in [0.717, 1.165) is 0 Å². The maximum atomic E-state index is 13.6. The Morgan fingerprint density at radius 2 is 1.77 bits per heavy atom. The molecular formula is C22H22FN3O5. The Morgan fingerprint density at radius 1 is 1.03 bits per heavy atom. The average molecular weight is 427 g/mol. The Hall–Kier alpha value is -3.62. The van der Waals surface area contributed by atoms with Gasteiger partial charge >= 0.3 is 0 Å². The fourth-order valence-corrected chi connectivity index (χ4v) is 3.58. The molecule has 1 fully saturated rings. The minimum atomic E-state index is -0.604. The van der Waals surface area contributed by atoms with Crippen molar-refractivity contribution in [1.82, 2.24) is 10.6 Å². The summed E-state index contributed by atoms with van der Waals surface area (Å²) in [6.07, 6.45) is 0.0991. The standard InChI is InChI=1S/C22H22FN3O5/c23-17-4-2-1-3-16(17)22(29)25-8-7-24-21(28)14-11-20(27)26(13-14)15-5-6-18-19(12-15)31-10-9-30-18/h1-6,12,14H,7-11,13H2,(H,24,28)(H,25,29). The van der Waals surface area contributed by atoms with Crippen LogP contribution < -0.4 is 25.0 Å². The SMILES string of the molecule is O=C(NCCNC(=O)C1CC(=O)N(c2ccc3c(c2)OCCO3)C1)c1ccccc1F. The first kappa shape index (κ1) is 20.6. The summed E-state index contributed by atoms with van der Waals surface area (Å²) in [5.74, 6) is -0.856. The number of fused-ring (bicyclic) bond motifs is 1. The van der Waals surface area contributed by atoms with Crippen LogP contribution in [0.15, 0.2) is 42.5 Å². The number of ether oxygens (including phenoxy) is 2. The van der Waals surface area contributed by atoms with Crippen LogP contribution in [0.2, 0.25) is 0 Å². The van der Waals surface area contributed by atoms with Gasteiger partial charge in [-0.3, -0.25) is 14.4 Å². The predicted octanol–water partition coefficient (Wildman–Crippen LogP) is 1.50. The second-order valence-corrected chi connectivity index (χ2v) is 7.26. The Bertz CT molecular complexity index is 1010. The van der Waals surface area contributed by atoms with E-state index in [4.69, 9.17) is 9.47 Å². The lowest BCUT2D eigenvalue weighted by atomic mass is 10.1. The van der Waals surface area contributed by atoms with Gasteiger partial charge in [0.25, 0.3) is 5.91 Å². The maximum absolute atomic E-state index is 13.6. The van der Waals surface area contributed by atoms with Gasteiger partial charge in [0.15, 0.2) is 11.5 Å². The highest BCUT2D eigenvalue weighted by molar-refractivity contribution is 6.00. The van der Waals surface area contributed by atoms with E-state index in [-0.39, 0.29) is 43.4 Å². The highest BCUT2D eigenvalue weighted by atomic mass is 19.1. The average Bonchev–Trinajstić information content (AvgIpc) is 3.18. The molecule has 162 valence electrons. The third kappa shape index (κ3) is 4.60. The van der Waals surface area contributed by atoms with Gasteiger partial charge < -0.3 is 25.0 Å². The first-order chi connectivity index (χ1) is 15.0. The highest BCUT2D eigenvalue weighted by Gasteiger charge is 2.35. The van der Waals surface area contributed by atoms with E-state index >= 15 is 0 Å². The lowest BCUT2D eigenvalue weighted by Gasteiger charge is -2.22. The summed E-state index contributed by atoms with van der Waals surface area (Å²) in [5, 5.41) is 5.28. The zero-order chi connectivity index (χ0) is 21.8. The molecule has 1 saturated heterocycles. The van der Waals surface area contributed by atoms with Gasteiger partial charge in [-0.05, 0) is 24.3 Å². The van der Waals surface area contributed by atoms with Crippen molar-refractivity contribution in [2.24, 2.45) is 5.92 Å². The van der Waals surface area contributed by atoms with Crippen LogP contribution in [-0.2, 0) is 9.59 Å². The number of carbonyl (C=O) groups excluding carboxylic acids is 3. The molecule has 1 atom stereocenters. The van der Waals surface area contributed by atoms with Crippen molar-refractivity contribution in [3.05, 3.63) is 53.8 Å². The van der Waals surface area contributed by atoms with E-state index in [0.29, 0.717) is 30.4 Å². The van der Waals surface area contributed by atoms with Crippen LogP contribution in [0.25, 0.3) is 0 Å². The molecule has 0 saturated carbocycles. The van der Waals surface area contributed by atoms with Gasteiger partial charge in [-0.25, -0.2) is 4.39 Å². The van der Waals surface area contributed by atoms with E-state index < -0.39 is 17.6 Å². The van der Waals surface area contributed by atoms with Crippen molar-refractivity contribution >= 4 is 23.4 Å². The van der Waals surface area contributed by atoms with Crippen molar-refractivity contribution in [3.63, 3.8) is 0 Å². The fourth-order valence-electron chi connectivity index (χ4n) is 3.58. The first-order valence-electron chi connectivity index (χ1n) is 10.0. The second-order valence-electron chi connectivity index (χ2n) is 7.26. The monoisotopic (exact) mass is 427 g/mol. The van der Waals surface area contributed by atoms with Crippen molar-refractivity contribution in [1.29, 1.82) is 0 Å². The molecule has 2 aliphatic rings. The molecule has 4 rings (SSSR count). The van der Waals surface area contributed by atoms with Gasteiger partial charge in [0, 0.05) is 37.8 Å². The third-order valence-electron chi connectivity index (χ3n) is 5.16. The van der Waals surface area contributed by atoms with Crippen molar-refractivity contribution < 1.29 is 28.2 Å². The number of carbonyl (C=O) groups is 3. The van der Waals surface area contributed by atoms with Gasteiger partial charge in [-0.1, -0.05) is 12.1 Å². The zero-order valence-electron chi connectivity index (χ0n) is 16.7. The number of nitrogens with zero attached hydrogens (tertiary/aromatic N) is 1. The Morgan fingerprint density at radius 3 is 2.58 bits per heavy atom. The molecule has 2 aromatic carbocycles. The molecule has 1 unspecified atom stereocenters. The molecule has 31 heavy (non-hydrogen) atoms. The van der Waals surface area contributed by atoms with Crippen LogP contribution in [0.4, 0.5) is 10.1 Å². The number of benzene rings is 2. The molecule has 2 N–H and O–H groups in total. The quantitative estimate of drug-likeness (QED) is 0.681. The molecule has 0 radical (unpaired) electrons. The van der Waals surface area contributed by atoms with Gasteiger partial charge in [0.1, 0.15) is 19.0 Å². The Kier molecular flexibility index (Phi) is 6.01. The summed E-state index contributed by atoms with van der Waals surface area (Å²) in [5.41, 5.74) is 0.604. The molecular weight excluding hydrogens is 405 g/mol. The molecule has 2 aliphatic heterocycles. The number of hydrogen-bond acceptors (Lipinski definition) is 5. The third-order valence-corrected chi connectivity index (χ3v) is 5.16. The molecule has 0 spiro atoms. The number of anilines is 1. The second kappa shape index (κ2) is 9.03. The molecule has 2 heterocycles. The topological polar surface area (TPSA) is 97.0 Å². The summed E-state index contributed by atoms with van der Waals surface area (Å²) in [6.45, 7) is 1.51. The van der Waals surface area contributed by atoms with Crippen LogP contribution in [0.3, 0.4) is 0 Å². The highest BCUT2D eigenvalue weighted by Crippen LogP contribution is 2.35. The van der Waals surface area contributed by atoms with E-state index in [1.54, 1.807) is 29.2 Å². The van der Waals surface area contributed by atoms with Gasteiger partial charge in [-0.15, -0.1) is 0 Å². The van der Waals surface area contributed by atoms with E-state index in [9.17, 15) is 18.8 Å². The summed E-state index contributed by atoms with van der Waals surface area (Å²) in [4.78, 5) is 38.4. The number of halogens is 1. The smallest absolute Gasteiger partial charge is 0.254 e. The van der Waals surface area contributed by atoms with Crippen LogP contribution in [0.1, 0.15) is 16.8 Å². The summed E-state index contributed by atoms with van der Waals surface area (Å²) in [6, 6.07) is 10.9. The number of nitrogens with one attached hydrogen (secondary N) is 2. The molecule has 0 aliphatic carbocycles. The first-order valence-corrected chi connectivity index (χ1v) is 10.0. The summed E-state index contributed by atoms with van der Waals surface area (Å²) in [7, 11) is 0. The molecule has 0 aromatic heterocycles. The maximum Gasteiger partial charge on any atom is 0.254 e. The van der Waals surface area contributed by atoms with Gasteiger partial charge in [0.2, 0.25) is 11.8 Å². The van der Waals surface area contributed by atoms with Crippen LogP contribution in [0, 0.1) is 11.7 Å². The van der Waals surface area contributed by atoms with Crippen molar-refractivity contribution in [2.75, 3.05) is 37.7 Å². The van der Waals surface area contributed by atoms with Crippen LogP contribution >= 0.6 is 0 Å². The van der Waals surface area contributed by atoms with E-state index in [1.807, 2.05) is 0 Å². The predicted molar refractivity (Wildman–Crippen MR) is 110 cm³/mol. The van der Waals surface area contributed by atoms with Crippen molar-refractivity contribution in [3.8, 4) is 11.5 Å². The molecule has 3 amide bonds. The fraction of sp³-hybridized carbons (Fsp3) is 0.318. The molecule has 9 heteroatoms. The zero-order valence-corrected chi connectivity index (χ0v) is 16.7. The summed E-state index contributed by atoms with van der Waals surface area (Å²) >= 11 is 0. The number of hydrogen-bond donors (Lipinski definition) is 2.